The lowest BCUT2D eigenvalue weighted by Crippen LogP contribution is -2.61. The molecule has 5 rings (SSSR count). The minimum atomic E-state index is -3.01. The fourth-order valence-electron chi connectivity index (χ4n) is 5.90. The van der Waals surface area contributed by atoms with Crippen molar-refractivity contribution in [3.05, 3.63) is 23.8 Å². The summed E-state index contributed by atoms with van der Waals surface area (Å²) in [6, 6.07) is 3.76. The molecule has 4 bridgehead atoms. The summed E-state index contributed by atoms with van der Waals surface area (Å²) in [4.78, 5) is 25.3. The Morgan fingerprint density at radius 3 is 2.20 bits per heavy atom. The Morgan fingerprint density at radius 1 is 1.07 bits per heavy atom. The van der Waals surface area contributed by atoms with Crippen LogP contribution in [0.4, 0.5) is 8.78 Å². The number of amides is 1. The maximum Gasteiger partial charge on any atom is 0.387 e. The average molecular weight is 423 g/mol. The van der Waals surface area contributed by atoms with E-state index < -0.39 is 18.7 Å². The lowest BCUT2D eigenvalue weighted by molar-refractivity contribution is -0.134. The lowest BCUT2D eigenvalue weighted by atomic mass is 9.53. The second-order valence-electron chi connectivity index (χ2n) is 8.98. The first kappa shape index (κ1) is 20.9. The Morgan fingerprint density at radius 2 is 1.67 bits per heavy atom. The lowest BCUT2D eigenvalue weighted by Gasteiger charge is -2.57. The first-order valence-electron chi connectivity index (χ1n) is 10.4. The Labute approximate surface area is 174 Å². The largest absolute Gasteiger partial charge is 0.493 e. The first-order valence-corrected chi connectivity index (χ1v) is 10.4. The molecule has 6 nitrogen and oxygen atoms in total. The maximum absolute atomic E-state index is 12.8. The van der Waals surface area contributed by atoms with Crippen molar-refractivity contribution in [1.82, 2.24) is 5.32 Å². The predicted octanol–water partition coefficient (Wildman–Crippen LogP) is 3.93. The molecule has 1 N–H and O–H groups in total. The van der Waals surface area contributed by atoms with Gasteiger partial charge in [0, 0.05) is 5.54 Å². The Bertz CT molecular complexity index is 792. The molecule has 1 aromatic carbocycles. The summed E-state index contributed by atoms with van der Waals surface area (Å²) in [5.74, 6) is 0.842. The van der Waals surface area contributed by atoms with Crippen LogP contribution >= 0.6 is 0 Å². The summed E-state index contributed by atoms with van der Waals surface area (Å²) >= 11 is 0. The second-order valence-corrected chi connectivity index (χ2v) is 8.98. The number of hydrogen-bond donors (Lipinski definition) is 1. The van der Waals surface area contributed by atoms with Gasteiger partial charge in [-0.3, -0.25) is 4.79 Å². The number of halogens is 2. The molecule has 1 amide bonds. The van der Waals surface area contributed by atoms with E-state index in [9.17, 15) is 18.4 Å². The highest BCUT2D eigenvalue weighted by Gasteiger charge is 2.51. The van der Waals surface area contributed by atoms with Crippen molar-refractivity contribution in [2.75, 3.05) is 7.11 Å². The van der Waals surface area contributed by atoms with Crippen molar-refractivity contribution in [2.45, 2.75) is 63.7 Å². The van der Waals surface area contributed by atoms with Crippen molar-refractivity contribution < 1.29 is 32.6 Å². The minimum absolute atomic E-state index is 0.0181. The van der Waals surface area contributed by atoms with E-state index in [1.807, 2.05) is 0 Å². The van der Waals surface area contributed by atoms with E-state index in [2.05, 4.69) is 10.1 Å². The van der Waals surface area contributed by atoms with E-state index in [-0.39, 0.29) is 28.5 Å². The fraction of sp³-hybridized carbons (Fsp3) is 0.636. The highest BCUT2D eigenvalue weighted by molar-refractivity contribution is 5.93. The molecule has 1 atom stereocenters. The third-order valence-electron chi connectivity index (χ3n) is 6.70. The third-order valence-corrected chi connectivity index (χ3v) is 6.70. The molecule has 0 unspecified atom stereocenters. The van der Waals surface area contributed by atoms with Gasteiger partial charge in [-0.2, -0.15) is 8.78 Å². The van der Waals surface area contributed by atoms with Gasteiger partial charge < -0.3 is 19.5 Å². The predicted molar refractivity (Wildman–Crippen MR) is 104 cm³/mol. The number of methoxy groups -OCH3 is 1. The highest BCUT2D eigenvalue weighted by atomic mass is 19.3. The number of nitrogens with one attached hydrogen (secondary N) is 1. The van der Waals surface area contributed by atoms with E-state index in [0.717, 1.165) is 19.3 Å². The first-order chi connectivity index (χ1) is 14.3. The van der Waals surface area contributed by atoms with Crippen LogP contribution in [0.5, 0.6) is 11.5 Å². The van der Waals surface area contributed by atoms with Gasteiger partial charge in [-0.1, -0.05) is 0 Å². The number of alkyl halides is 2. The molecular weight excluding hydrogens is 396 g/mol. The Hall–Kier alpha value is -2.38. The van der Waals surface area contributed by atoms with Gasteiger partial charge in [-0.05, 0) is 81.4 Å². The molecule has 0 aliphatic heterocycles. The summed E-state index contributed by atoms with van der Waals surface area (Å²) in [7, 11) is 1.28. The van der Waals surface area contributed by atoms with Crippen LogP contribution in [0, 0.1) is 17.8 Å². The number of rotatable bonds is 7. The molecule has 8 heteroatoms. The molecule has 4 saturated carbocycles. The smallest absolute Gasteiger partial charge is 0.387 e. The molecule has 1 aromatic rings. The molecule has 4 aliphatic carbocycles. The monoisotopic (exact) mass is 423 g/mol. The van der Waals surface area contributed by atoms with Gasteiger partial charge in [0.15, 0.2) is 17.6 Å². The zero-order valence-electron chi connectivity index (χ0n) is 17.2. The molecule has 30 heavy (non-hydrogen) atoms. The average Bonchev–Trinajstić information content (AvgIpc) is 2.66. The molecular formula is C22H27F2NO5. The number of carbonyl (C=O) groups is 2. The molecule has 0 saturated heterocycles. The van der Waals surface area contributed by atoms with Gasteiger partial charge in [-0.15, -0.1) is 0 Å². The van der Waals surface area contributed by atoms with Gasteiger partial charge in [0.2, 0.25) is 0 Å². The van der Waals surface area contributed by atoms with E-state index in [1.165, 1.54) is 44.6 Å². The van der Waals surface area contributed by atoms with E-state index >= 15 is 0 Å². The van der Waals surface area contributed by atoms with Gasteiger partial charge in [0.1, 0.15) is 0 Å². The summed E-state index contributed by atoms with van der Waals surface area (Å²) in [6.07, 6.45) is 5.87. The molecule has 4 fully saturated rings. The molecule has 0 aromatic heterocycles. The van der Waals surface area contributed by atoms with Crippen LogP contribution in [0.1, 0.15) is 55.8 Å². The van der Waals surface area contributed by atoms with Crippen LogP contribution in [0.2, 0.25) is 0 Å². The normalized spacial score (nSPS) is 30.1. The van der Waals surface area contributed by atoms with Gasteiger partial charge in [-0.25, -0.2) is 4.79 Å². The van der Waals surface area contributed by atoms with Crippen molar-refractivity contribution in [2.24, 2.45) is 17.8 Å². The summed E-state index contributed by atoms with van der Waals surface area (Å²) in [5.41, 5.74) is -0.0767. The van der Waals surface area contributed by atoms with E-state index in [0.29, 0.717) is 17.8 Å². The second kappa shape index (κ2) is 8.04. The van der Waals surface area contributed by atoms with E-state index in [4.69, 9.17) is 9.47 Å². The molecule has 0 spiro atoms. The maximum atomic E-state index is 12.8. The Balaban J connectivity index is 1.38. The minimum Gasteiger partial charge on any atom is -0.493 e. The quantitative estimate of drug-likeness (QED) is 0.673. The van der Waals surface area contributed by atoms with Crippen molar-refractivity contribution in [3.63, 3.8) is 0 Å². The third kappa shape index (κ3) is 4.23. The zero-order valence-corrected chi connectivity index (χ0v) is 17.2. The number of benzene rings is 1. The number of esters is 1. The van der Waals surface area contributed by atoms with Crippen molar-refractivity contribution in [3.8, 4) is 11.5 Å². The number of hydrogen-bond acceptors (Lipinski definition) is 5. The standard InChI is InChI=1S/C22H27F2NO5/c1-12(19(26)25-22-9-13-5-14(10-22)7-15(6-13)11-22)29-20(27)16-3-4-17(30-21(23)24)18(8-16)28-2/h3-4,8,12-15,21H,5-7,9-11H2,1-2H3,(H,25,26)/t12-,13?,14?,15?,22?/m0/s1. The molecule has 164 valence electrons. The molecule has 4 aliphatic rings. The number of ether oxygens (including phenoxy) is 3. The summed E-state index contributed by atoms with van der Waals surface area (Å²) in [5, 5.41) is 3.19. The summed E-state index contributed by atoms with van der Waals surface area (Å²) < 4.78 is 39.6. The Kier molecular flexibility index (Phi) is 5.59. The fourth-order valence-corrected chi connectivity index (χ4v) is 5.90. The van der Waals surface area contributed by atoms with Crippen LogP contribution in [-0.2, 0) is 9.53 Å². The SMILES string of the molecule is COc1cc(C(=O)O[C@@H](C)C(=O)NC23CC4CC(CC(C4)C2)C3)ccc1OC(F)F. The van der Waals surface area contributed by atoms with Crippen LogP contribution in [-0.4, -0.2) is 37.2 Å². The highest BCUT2D eigenvalue weighted by Crippen LogP contribution is 2.55. The van der Waals surface area contributed by atoms with Crippen LogP contribution in [0.3, 0.4) is 0 Å². The zero-order chi connectivity index (χ0) is 21.5. The van der Waals surface area contributed by atoms with Crippen molar-refractivity contribution in [1.29, 1.82) is 0 Å². The van der Waals surface area contributed by atoms with Gasteiger partial charge >= 0.3 is 12.6 Å². The van der Waals surface area contributed by atoms with Gasteiger partial charge in [0.05, 0.1) is 12.7 Å². The van der Waals surface area contributed by atoms with Crippen molar-refractivity contribution >= 4 is 11.9 Å². The molecule has 0 heterocycles. The van der Waals surface area contributed by atoms with Crippen LogP contribution in [0.25, 0.3) is 0 Å². The summed E-state index contributed by atoms with van der Waals surface area (Å²) in [6.45, 7) is -1.47. The van der Waals surface area contributed by atoms with E-state index in [1.54, 1.807) is 6.92 Å². The number of carbonyl (C=O) groups excluding carboxylic acids is 2. The molecule has 0 radical (unpaired) electrons. The topological polar surface area (TPSA) is 73.9 Å². The van der Waals surface area contributed by atoms with Crippen LogP contribution in [0.15, 0.2) is 18.2 Å². The van der Waals surface area contributed by atoms with Crippen LogP contribution < -0.4 is 14.8 Å². The van der Waals surface area contributed by atoms with Gasteiger partial charge in [0.25, 0.3) is 5.91 Å².